The van der Waals surface area contributed by atoms with Crippen molar-refractivity contribution in [2.24, 2.45) is 0 Å². The van der Waals surface area contributed by atoms with Gasteiger partial charge in [0.2, 0.25) is 0 Å². The van der Waals surface area contributed by atoms with E-state index in [9.17, 15) is 0 Å². The van der Waals surface area contributed by atoms with Gasteiger partial charge in [-0.2, -0.15) is 0 Å². The molecule has 0 radical (unpaired) electrons. The normalized spacial score (nSPS) is 9.73. The Hall–Kier alpha value is -1.50. The van der Waals surface area contributed by atoms with Gasteiger partial charge in [0.1, 0.15) is 0 Å². The van der Waals surface area contributed by atoms with Crippen molar-refractivity contribution in [1.29, 1.82) is 0 Å². The van der Waals surface area contributed by atoms with E-state index in [4.69, 9.17) is 0 Å². The second-order valence-electron chi connectivity index (χ2n) is 11.5. The van der Waals surface area contributed by atoms with Crippen LogP contribution in [0.3, 0.4) is 0 Å². The Labute approximate surface area is 291 Å². The summed E-state index contributed by atoms with van der Waals surface area (Å²) in [5.41, 5.74) is 4.33. The highest BCUT2D eigenvalue weighted by molar-refractivity contribution is 7.80. The van der Waals surface area contributed by atoms with Crippen LogP contribution < -0.4 is 0 Å². The number of hydrogen-bond donors (Lipinski definition) is 3. The van der Waals surface area contributed by atoms with Gasteiger partial charge in [0.15, 0.2) is 0 Å². The molecule has 0 unspecified atom stereocenters. The second kappa shape index (κ2) is 33.9. The van der Waals surface area contributed by atoms with Crippen molar-refractivity contribution >= 4 is 37.9 Å². The fourth-order valence-electron chi connectivity index (χ4n) is 4.79. The number of rotatable bonds is 18. The topological polar surface area (TPSA) is 0 Å². The van der Waals surface area contributed by atoms with Crippen LogP contribution in [0.25, 0.3) is 0 Å². The van der Waals surface area contributed by atoms with E-state index in [-0.39, 0.29) is 14.1 Å². The third kappa shape index (κ3) is 28.5. The molecule has 3 aromatic rings. The highest BCUT2D eigenvalue weighted by Gasteiger charge is 1.95. The first-order chi connectivity index (χ1) is 20.5. The molecule has 0 amide bonds. The molecule has 0 saturated carbocycles. The lowest BCUT2D eigenvalue weighted by Crippen LogP contribution is -1.85. The number of aryl methyl sites for hydroxylation is 3. The van der Waals surface area contributed by atoms with Crippen LogP contribution in [0.15, 0.2) is 87.5 Å². The molecule has 45 heavy (non-hydrogen) atoms. The van der Waals surface area contributed by atoms with Gasteiger partial charge in [0.25, 0.3) is 0 Å². The van der Waals surface area contributed by atoms with Gasteiger partial charge in [-0.3, -0.25) is 14.1 Å². The Morgan fingerprint density at radius 2 is 0.511 bits per heavy atom. The minimum Gasteiger partial charge on any atom is -0.269 e. The molecule has 0 aliphatic carbocycles. The number of halogens is 3. The summed E-state index contributed by atoms with van der Waals surface area (Å²) in [7, 11) is 0. The van der Waals surface area contributed by atoms with E-state index in [0.717, 1.165) is 14.7 Å². The van der Waals surface area contributed by atoms with Gasteiger partial charge >= 0.3 is 0 Å². The van der Waals surface area contributed by atoms with Gasteiger partial charge in [0, 0.05) is 14.7 Å². The van der Waals surface area contributed by atoms with Crippen molar-refractivity contribution in [2.75, 3.05) is 0 Å². The number of thiol groups is 3. The Morgan fingerprint density at radius 1 is 0.311 bits per heavy atom. The van der Waals surface area contributed by atoms with Crippen molar-refractivity contribution in [3.8, 4) is 0 Å². The molecule has 6 heteroatoms. The van der Waals surface area contributed by atoms with Crippen LogP contribution >= 0.6 is 37.9 Å². The molecular weight excluding hydrogens is 622 g/mol. The van der Waals surface area contributed by atoms with Crippen molar-refractivity contribution in [3.05, 3.63) is 89.5 Å². The summed E-state index contributed by atoms with van der Waals surface area (Å²) >= 11 is 12.8. The van der Waals surface area contributed by atoms with Crippen molar-refractivity contribution in [1.82, 2.24) is 0 Å². The Bertz CT molecular complexity index is 862. The summed E-state index contributed by atoms with van der Waals surface area (Å²) < 4.78 is 0. The van der Waals surface area contributed by atoms with Crippen LogP contribution in [0.4, 0.5) is 14.1 Å². The summed E-state index contributed by atoms with van der Waals surface area (Å²) in [5, 5.41) is 0. The molecule has 0 aromatic heterocycles. The first kappa shape index (κ1) is 47.9. The van der Waals surface area contributed by atoms with Crippen LogP contribution in [-0.2, 0) is 19.3 Å². The predicted octanol–water partition coefficient (Wildman–Crippen LogP) is 13.9. The van der Waals surface area contributed by atoms with E-state index < -0.39 is 0 Å². The lowest BCUT2D eigenvalue weighted by molar-refractivity contribution is 0.632. The zero-order valence-electron chi connectivity index (χ0n) is 28.2. The van der Waals surface area contributed by atoms with E-state index in [1.165, 1.54) is 132 Å². The molecule has 258 valence electrons. The number of benzene rings is 3. The maximum atomic E-state index is 4.27. The molecule has 0 fully saturated rings. The molecular formula is C39H63F3S3. The number of hydrogen-bond acceptors (Lipinski definition) is 3. The average Bonchev–Trinajstić information content (AvgIpc) is 3.00. The van der Waals surface area contributed by atoms with Crippen LogP contribution in [0, 0.1) is 0 Å². The highest BCUT2D eigenvalue weighted by atomic mass is 32.1. The highest BCUT2D eigenvalue weighted by Crippen LogP contribution is 2.14. The van der Waals surface area contributed by atoms with Crippen LogP contribution in [0.1, 0.15) is 134 Å². The molecule has 0 spiro atoms. The monoisotopic (exact) mass is 684 g/mol. The Morgan fingerprint density at radius 3 is 0.711 bits per heavy atom. The summed E-state index contributed by atoms with van der Waals surface area (Å²) in [5.74, 6) is 0. The molecule has 0 atom stereocenters. The fraction of sp³-hybridized carbons (Fsp3) is 0.538. The smallest absolute Gasteiger partial charge is 0.00401 e. The lowest BCUT2D eigenvalue weighted by Gasteiger charge is -2.01. The molecule has 0 aliphatic rings. The average molecular weight is 685 g/mol. The lowest BCUT2D eigenvalue weighted by atomic mass is 10.1. The zero-order chi connectivity index (χ0) is 30.7. The molecule has 0 saturated heterocycles. The predicted molar refractivity (Wildman–Crippen MR) is 206 cm³/mol. The van der Waals surface area contributed by atoms with E-state index in [1.54, 1.807) is 0 Å². The first-order valence-corrected chi connectivity index (χ1v) is 18.2. The van der Waals surface area contributed by atoms with Gasteiger partial charge in [-0.25, -0.2) is 0 Å². The van der Waals surface area contributed by atoms with Crippen molar-refractivity contribution < 1.29 is 14.1 Å². The van der Waals surface area contributed by atoms with Crippen molar-refractivity contribution in [3.63, 3.8) is 0 Å². The van der Waals surface area contributed by atoms with Crippen LogP contribution in [-0.4, -0.2) is 0 Å². The Kier molecular flexibility index (Phi) is 36.0. The third-order valence-corrected chi connectivity index (χ3v) is 8.41. The van der Waals surface area contributed by atoms with Crippen LogP contribution in [0.2, 0.25) is 0 Å². The standard InChI is InChI=1S/3C13H20S.3FH/c3*1-2-3-4-5-6-7-12-8-10-13(14)11-9-12;;;/h3*8-11,14H,2-7H2,1H3;3*1H. The molecule has 0 aliphatic heterocycles. The first-order valence-electron chi connectivity index (χ1n) is 16.8. The van der Waals surface area contributed by atoms with Crippen molar-refractivity contribution in [2.45, 2.75) is 151 Å². The van der Waals surface area contributed by atoms with Gasteiger partial charge in [-0.1, -0.05) is 134 Å². The fourth-order valence-corrected chi connectivity index (χ4v) is 5.23. The van der Waals surface area contributed by atoms with E-state index in [1.807, 2.05) is 0 Å². The molecule has 3 rings (SSSR count). The Balaban J connectivity index is -0.000000569. The van der Waals surface area contributed by atoms with Gasteiger partial charge < -0.3 is 0 Å². The molecule has 0 heterocycles. The summed E-state index contributed by atoms with van der Waals surface area (Å²) in [6, 6.07) is 25.5. The maximum absolute atomic E-state index is 4.27. The van der Waals surface area contributed by atoms with E-state index in [0.29, 0.717) is 0 Å². The van der Waals surface area contributed by atoms with Gasteiger partial charge in [-0.15, -0.1) is 37.9 Å². The van der Waals surface area contributed by atoms with E-state index >= 15 is 0 Å². The maximum Gasteiger partial charge on any atom is 0.00401 e. The van der Waals surface area contributed by atoms with Gasteiger partial charge in [-0.05, 0) is 91.6 Å². The number of unbranched alkanes of at least 4 members (excludes halogenated alkanes) is 12. The minimum absolute atomic E-state index is 0. The second-order valence-corrected chi connectivity index (χ2v) is 13.0. The summed E-state index contributed by atoms with van der Waals surface area (Å²) in [6.45, 7) is 6.77. The molecule has 0 nitrogen and oxygen atoms in total. The SMILES string of the molecule is CCCCCCCc1ccc(S)cc1.CCCCCCCc1ccc(S)cc1.CCCCCCCc1ccc(S)cc1.F.F.F. The largest absolute Gasteiger partial charge is 0.269 e. The third-order valence-electron chi connectivity index (χ3n) is 7.52. The molecule has 3 aromatic carbocycles. The minimum atomic E-state index is 0. The molecule has 0 N–H and O–H groups in total. The zero-order valence-corrected chi connectivity index (χ0v) is 30.9. The van der Waals surface area contributed by atoms with E-state index in [2.05, 4.69) is 131 Å². The molecule has 0 bridgehead atoms. The quantitative estimate of drug-likeness (QED) is 0.0862. The van der Waals surface area contributed by atoms with Crippen LogP contribution in [0.5, 0.6) is 0 Å². The summed E-state index contributed by atoms with van der Waals surface area (Å²) in [6.07, 6.45) is 24.1. The van der Waals surface area contributed by atoms with Gasteiger partial charge in [0.05, 0.1) is 0 Å². The summed E-state index contributed by atoms with van der Waals surface area (Å²) in [4.78, 5) is 3.17.